The highest BCUT2D eigenvalue weighted by atomic mass is 79.9. The smallest absolute Gasteiger partial charge is 0.334 e. The van der Waals surface area contributed by atoms with Gasteiger partial charge in [-0.2, -0.15) is 0 Å². The number of esters is 1. The van der Waals surface area contributed by atoms with Crippen LogP contribution in [-0.2, 0) is 9.53 Å². The lowest BCUT2D eigenvalue weighted by Crippen LogP contribution is -2.05. The average Bonchev–Trinajstić information content (AvgIpc) is 2.35. The number of nitro groups is 1. The van der Waals surface area contributed by atoms with Crippen molar-refractivity contribution in [2.75, 3.05) is 12.4 Å². The second-order valence-electron chi connectivity index (χ2n) is 3.14. The quantitative estimate of drug-likeness (QED) is 0.282. The molecule has 1 rings (SSSR count). The van der Waals surface area contributed by atoms with E-state index in [-0.39, 0.29) is 5.69 Å². The number of nitro benzene ring substituents is 1. The van der Waals surface area contributed by atoms with Crippen molar-refractivity contribution in [1.29, 1.82) is 0 Å². The van der Waals surface area contributed by atoms with Gasteiger partial charge in [0.1, 0.15) is 0 Å². The highest BCUT2D eigenvalue weighted by Gasteiger charge is 2.08. The fourth-order valence-corrected chi connectivity index (χ4v) is 1.57. The van der Waals surface area contributed by atoms with Gasteiger partial charge in [0.2, 0.25) is 0 Å². The first-order valence-corrected chi connectivity index (χ1v) is 5.80. The molecule has 0 heterocycles. The maximum absolute atomic E-state index is 11.3. The molecule has 0 aliphatic rings. The lowest BCUT2D eigenvalue weighted by atomic mass is 10.1. The number of methoxy groups -OCH3 is 1. The second kappa shape index (κ2) is 6.15. The minimum absolute atomic E-state index is 0.0145. The molecule has 0 radical (unpaired) electrons. The Morgan fingerprint density at radius 3 is 2.47 bits per heavy atom. The summed E-state index contributed by atoms with van der Waals surface area (Å²) < 4.78 is 4.59. The molecule has 0 amide bonds. The van der Waals surface area contributed by atoms with E-state index in [1.165, 1.54) is 19.2 Å². The number of non-ortho nitro benzene ring substituents is 1. The van der Waals surface area contributed by atoms with E-state index in [1.54, 1.807) is 18.2 Å². The standard InChI is InChI=1S/C11H10BrNO4/c1-17-11(14)9(7-12)6-8-2-4-10(5-3-8)13(15)16/h2-6H,7H2,1H3. The first-order chi connectivity index (χ1) is 8.08. The van der Waals surface area contributed by atoms with Gasteiger partial charge in [0, 0.05) is 23.0 Å². The summed E-state index contributed by atoms with van der Waals surface area (Å²) in [5.74, 6) is -0.430. The van der Waals surface area contributed by atoms with Gasteiger partial charge >= 0.3 is 5.97 Å². The molecule has 17 heavy (non-hydrogen) atoms. The van der Waals surface area contributed by atoms with Crippen LogP contribution in [0.2, 0.25) is 0 Å². The summed E-state index contributed by atoms with van der Waals surface area (Å²) in [7, 11) is 1.30. The van der Waals surface area contributed by atoms with E-state index in [4.69, 9.17) is 0 Å². The number of benzene rings is 1. The van der Waals surface area contributed by atoms with E-state index in [2.05, 4.69) is 20.7 Å². The van der Waals surface area contributed by atoms with Gasteiger partial charge in [-0.1, -0.05) is 15.9 Å². The van der Waals surface area contributed by atoms with E-state index >= 15 is 0 Å². The van der Waals surface area contributed by atoms with Crippen LogP contribution in [0.3, 0.4) is 0 Å². The molecule has 0 aliphatic carbocycles. The van der Waals surface area contributed by atoms with Gasteiger partial charge < -0.3 is 4.74 Å². The Hall–Kier alpha value is -1.69. The number of carbonyl (C=O) groups is 1. The van der Waals surface area contributed by atoms with Crippen molar-refractivity contribution in [2.45, 2.75) is 0 Å². The molecule has 5 nitrogen and oxygen atoms in total. The minimum Gasteiger partial charge on any atom is -0.466 e. The molecular weight excluding hydrogens is 290 g/mol. The fourth-order valence-electron chi connectivity index (χ4n) is 1.18. The van der Waals surface area contributed by atoms with Crippen LogP contribution in [0.4, 0.5) is 5.69 Å². The first-order valence-electron chi connectivity index (χ1n) is 4.67. The number of ether oxygens (including phenoxy) is 1. The van der Waals surface area contributed by atoms with Crippen molar-refractivity contribution < 1.29 is 14.5 Å². The Bertz CT molecular complexity index is 453. The van der Waals surface area contributed by atoms with Crippen molar-refractivity contribution in [3.63, 3.8) is 0 Å². The fraction of sp³-hybridized carbons (Fsp3) is 0.182. The van der Waals surface area contributed by atoms with Crippen molar-refractivity contribution in [2.24, 2.45) is 0 Å². The number of nitrogens with zero attached hydrogens (tertiary/aromatic N) is 1. The lowest BCUT2D eigenvalue weighted by Gasteiger charge is -2.01. The van der Waals surface area contributed by atoms with Crippen LogP contribution in [0, 0.1) is 10.1 Å². The number of hydrogen-bond acceptors (Lipinski definition) is 4. The summed E-state index contributed by atoms with van der Waals surface area (Å²) in [5, 5.41) is 10.8. The summed E-state index contributed by atoms with van der Waals surface area (Å²) in [6.45, 7) is 0. The zero-order chi connectivity index (χ0) is 12.8. The molecule has 0 fully saturated rings. The molecular formula is C11H10BrNO4. The van der Waals surface area contributed by atoms with Gasteiger partial charge in [-0.15, -0.1) is 0 Å². The van der Waals surface area contributed by atoms with Crippen LogP contribution >= 0.6 is 15.9 Å². The molecule has 0 aromatic heterocycles. The lowest BCUT2D eigenvalue weighted by molar-refractivity contribution is -0.384. The molecule has 6 heteroatoms. The molecule has 1 aromatic carbocycles. The highest BCUT2D eigenvalue weighted by Crippen LogP contribution is 2.15. The second-order valence-corrected chi connectivity index (χ2v) is 3.70. The van der Waals surface area contributed by atoms with Crippen LogP contribution in [-0.4, -0.2) is 23.3 Å². The van der Waals surface area contributed by atoms with Crippen LogP contribution in [0.15, 0.2) is 29.8 Å². The van der Waals surface area contributed by atoms with Gasteiger partial charge in [0.05, 0.1) is 12.0 Å². The summed E-state index contributed by atoms with van der Waals surface area (Å²) >= 11 is 3.18. The third kappa shape index (κ3) is 3.67. The van der Waals surface area contributed by atoms with E-state index in [0.717, 1.165) is 0 Å². The number of hydrogen-bond donors (Lipinski definition) is 0. The van der Waals surface area contributed by atoms with Crippen LogP contribution in [0.5, 0.6) is 0 Å². The zero-order valence-corrected chi connectivity index (χ0v) is 10.6. The molecule has 0 spiro atoms. The third-order valence-electron chi connectivity index (χ3n) is 2.04. The SMILES string of the molecule is COC(=O)C(=Cc1ccc([N+](=O)[O-])cc1)CBr. The maximum Gasteiger partial charge on any atom is 0.334 e. The molecule has 0 saturated heterocycles. The molecule has 0 aliphatic heterocycles. The van der Waals surface area contributed by atoms with Crippen LogP contribution in [0.25, 0.3) is 6.08 Å². The topological polar surface area (TPSA) is 69.4 Å². The third-order valence-corrected chi connectivity index (χ3v) is 2.64. The average molecular weight is 300 g/mol. The molecule has 0 saturated carbocycles. The van der Waals surface area contributed by atoms with Gasteiger partial charge in [-0.25, -0.2) is 4.79 Å². The van der Waals surface area contributed by atoms with Gasteiger partial charge in [0.15, 0.2) is 0 Å². The van der Waals surface area contributed by atoms with E-state index in [0.29, 0.717) is 16.5 Å². The highest BCUT2D eigenvalue weighted by molar-refractivity contribution is 9.09. The minimum atomic E-state index is -0.473. The predicted molar refractivity (Wildman–Crippen MR) is 66.9 cm³/mol. The summed E-state index contributed by atoms with van der Waals surface area (Å²) in [6.07, 6.45) is 1.62. The Morgan fingerprint density at radius 2 is 2.06 bits per heavy atom. The van der Waals surface area contributed by atoms with Crippen LogP contribution < -0.4 is 0 Å². The van der Waals surface area contributed by atoms with Crippen molar-refractivity contribution >= 4 is 33.7 Å². The summed E-state index contributed by atoms with van der Waals surface area (Å²) in [6, 6.07) is 5.91. The van der Waals surface area contributed by atoms with E-state index in [1.807, 2.05) is 0 Å². The molecule has 0 N–H and O–H groups in total. The maximum atomic E-state index is 11.3. The summed E-state index contributed by atoms with van der Waals surface area (Å²) in [5.41, 5.74) is 1.16. The number of carbonyl (C=O) groups excluding carboxylic acids is 1. The van der Waals surface area contributed by atoms with Gasteiger partial charge in [-0.05, 0) is 23.8 Å². The number of alkyl halides is 1. The van der Waals surface area contributed by atoms with Crippen LogP contribution in [0.1, 0.15) is 5.56 Å². The van der Waals surface area contributed by atoms with Crippen molar-refractivity contribution in [3.8, 4) is 0 Å². The number of halogens is 1. The summed E-state index contributed by atoms with van der Waals surface area (Å²) in [4.78, 5) is 21.3. The largest absolute Gasteiger partial charge is 0.466 e. The zero-order valence-electron chi connectivity index (χ0n) is 9.05. The Labute approximate surface area is 106 Å². The van der Waals surface area contributed by atoms with Crippen molar-refractivity contribution in [1.82, 2.24) is 0 Å². The van der Waals surface area contributed by atoms with Crippen molar-refractivity contribution in [3.05, 3.63) is 45.5 Å². The molecule has 0 unspecified atom stereocenters. The molecule has 1 aromatic rings. The normalized spacial score (nSPS) is 11.1. The Kier molecular flexibility index (Phi) is 4.84. The number of rotatable bonds is 4. The van der Waals surface area contributed by atoms with Gasteiger partial charge in [-0.3, -0.25) is 10.1 Å². The van der Waals surface area contributed by atoms with E-state index < -0.39 is 10.9 Å². The molecule has 0 bridgehead atoms. The Morgan fingerprint density at radius 1 is 1.47 bits per heavy atom. The predicted octanol–water partition coefficient (Wildman–Crippen LogP) is 2.55. The molecule has 90 valence electrons. The molecule has 0 atom stereocenters. The monoisotopic (exact) mass is 299 g/mol. The first kappa shape index (κ1) is 13.4. The van der Waals surface area contributed by atoms with Gasteiger partial charge in [0.25, 0.3) is 5.69 Å². The van der Waals surface area contributed by atoms with E-state index in [9.17, 15) is 14.9 Å². The Balaban J connectivity index is 2.97.